The third-order valence-electron chi connectivity index (χ3n) is 2.22. The number of nitrogens with one attached hydrogen (secondary N) is 1. The summed E-state index contributed by atoms with van der Waals surface area (Å²) in [6.45, 7) is 1.82. The highest BCUT2D eigenvalue weighted by molar-refractivity contribution is 6.34. The maximum atomic E-state index is 5.93. The molecule has 0 heterocycles. The molecule has 1 aromatic carbocycles. The third-order valence-corrected chi connectivity index (χ3v) is 2.66. The van der Waals surface area contributed by atoms with E-state index in [0.29, 0.717) is 10.0 Å². The first-order chi connectivity index (χ1) is 7.67. The summed E-state index contributed by atoms with van der Waals surface area (Å²) in [4.78, 5) is 0. The van der Waals surface area contributed by atoms with Crippen LogP contribution >= 0.6 is 23.2 Å². The molecule has 2 nitrogen and oxygen atoms in total. The van der Waals surface area contributed by atoms with Gasteiger partial charge in [0.05, 0.1) is 0 Å². The highest BCUT2D eigenvalue weighted by Crippen LogP contribution is 2.25. The molecule has 0 aliphatic heterocycles. The van der Waals surface area contributed by atoms with E-state index in [1.807, 2.05) is 19.1 Å². The summed E-state index contributed by atoms with van der Waals surface area (Å²) in [5.74, 6) is 11.4. The highest BCUT2D eigenvalue weighted by atomic mass is 35.5. The van der Waals surface area contributed by atoms with Gasteiger partial charge in [0.2, 0.25) is 0 Å². The van der Waals surface area contributed by atoms with Crippen molar-refractivity contribution in [2.45, 2.75) is 25.8 Å². The summed E-state index contributed by atoms with van der Waals surface area (Å²) in [5.41, 5.74) is 3.73. The van der Waals surface area contributed by atoms with Crippen LogP contribution in [0.25, 0.3) is 0 Å². The molecule has 0 saturated carbocycles. The van der Waals surface area contributed by atoms with Gasteiger partial charge in [-0.2, -0.15) is 0 Å². The zero-order valence-corrected chi connectivity index (χ0v) is 10.6. The first kappa shape index (κ1) is 13.3. The van der Waals surface area contributed by atoms with Crippen LogP contribution in [0.15, 0.2) is 18.2 Å². The second-order valence-electron chi connectivity index (χ2n) is 3.39. The molecule has 1 aromatic rings. The van der Waals surface area contributed by atoms with Crippen molar-refractivity contribution in [1.82, 2.24) is 5.43 Å². The van der Waals surface area contributed by atoms with E-state index in [0.717, 1.165) is 18.4 Å². The van der Waals surface area contributed by atoms with Crippen LogP contribution in [-0.4, -0.2) is 0 Å². The first-order valence-electron chi connectivity index (χ1n) is 4.99. The lowest BCUT2D eigenvalue weighted by Crippen LogP contribution is -2.27. The Morgan fingerprint density at radius 3 is 2.44 bits per heavy atom. The summed E-state index contributed by atoms with van der Waals surface area (Å²) in [7, 11) is 0. The average Bonchev–Trinajstić information content (AvgIpc) is 2.23. The van der Waals surface area contributed by atoms with Crippen molar-refractivity contribution in [2.75, 3.05) is 0 Å². The van der Waals surface area contributed by atoms with Crippen LogP contribution in [0.4, 0.5) is 0 Å². The summed E-state index contributed by atoms with van der Waals surface area (Å²) in [6, 6.07) is 5.44. The van der Waals surface area contributed by atoms with E-state index in [1.54, 1.807) is 6.07 Å². The van der Waals surface area contributed by atoms with Crippen LogP contribution in [0.2, 0.25) is 10.0 Å². The third kappa shape index (κ3) is 4.03. The van der Waals surface area contributed by atoms with E-state index in [9.17, 15) is 0 Å². The molecule has 1 rings (SSSR count). The van der Waals surface area contributed by atoms with Gasteiger partial charge in [-0.25, -0.2) is 0 Å². The van der Waals surface area contributed by atoms with Crippen LogP contribution < -0.4 is 11.3 Å². The topological polar surface area (TPSA) is 38.0 Å². The second-order valence-corrected chi connectivity index (χ2v) is 4.26. The van der Waals surface area contributed by atoms with Crippen molar-refractivity contribution in [3.63, 3.8) is 0 Å². The monoisotopic (exact) mass is 256 g/mol. The molecule has 0 spiro atoms. The molecule has 0 aliphatic rings. The fourth-order valence-electron chi connectivity index (χ4n) is 1.46. The van der Waals surface area contributed by atoms with Crippen molar-refractivity contribution in [1.29, 1.82) is 0 Å². The lowest BCUT2D eigenvalue weighted by Gasteiger charge is -2.15. The lowest BCUT2D eigenvalue weighted by atomic mass is 10.0. The van der Waals surface area contributed by atoms with Gasteiger partial charge in [-0.1, -0.05) is 23.2 Å². The molecule has 0 aliphatic carbocycles. The Kier molecular flexibility index (Phi) is 5.65. The van der Waals surface area contributed by atoms with Crippen LogP contribution in [0.1, 0.15) is 31.4 Å². The first-order valence-corrected chi connectivity index (χ1v) is 5.74. The number of hydrazine groups is 1. The Labute approximate surface area is 106 Å². The zero-order valence-electron chi connectivity index (χ0n) is 9.06. The standard InChI is InChI=1S/C12H14Cl2N2/c1-2-3-4-5-12(16-15)9-6-10(13)8-11(14)7-9/h6-8,12,16H,4-5,15H2,1H3. The van der Waals surface area contributed by atoms with E-state index in [1.165, 1.54) is 0 Å². The van der Waals surface area contributed by atoms with E-state index >= 15 is 0 Å². The van der Waals surface area contributed by atoms with Gasteiger partial charge < -0.3 is 0 Å². The normalized spacial score (nSPS) is 11.8. The minimum Gasteiger partial charge on any atom is -0.271 e. The van der Waals surface area contributed by atoms with Crippen LogP contribution in [0.5, 0.6) is 0 Å². The van der Waals surface area contributed by atoms with E-state index in [-0.39, 0.29) is 6.04 Å². The number of hydrogen-bond donors (Lipinski definition) is 2. The average molecular weight is 257 g/mol. The molecule has 1 atom stereocenters. The van der Waals surface area contributed by atoms with Crippen LogP contribution in [0.3, 0.4) is 0 Å². The molecule has 4 heteroatoms. The van der Waals surface area contributed by atoms with Gasteiger partial charge in [0.25, 0.3) is 0 Å². The van der Waals surface area contributed by atoms with Crippen molar-refractivity contribution in [3.05, 3.63) is 33.8 Å². The van der Waals surface area contributed by atoms with Gasteiger partial charge in [0.15, 0.2) is 0 Å². The van der Waals surface area contributed by atoms with Crippen molar-refractivity contribution >= 4 is 23.2 Å². The molecule has 16 heavy (non-hydrogen) atoms. The summed E-state index contributed by atoms with van der Waals surface area (Å²) in [5, 5.41) is 1.23. The van der Waals surface area contributed by atoms with Crippen molar-refractivity contribution in [2.24, 2.45) is 5.84 Å². The number of nitrogens with two attached hydrogens (primary N) is 1. The molecular formula is C12H14Cl2N2. The molecule has 0 bridgehead atoms. The quantitative estimate of drug-likeness (QED) is 0.493. The molecule has 0 fully saturated rings. The van der Waals surface area contributed by atoms with Gasteiger partial charge in [-0.15, -0.1) is 11.8 Å². The molecular weight excluding hydrogens is 243 g/mol. The van der Waals surface area contributed by atoms with E-state index in [4.69, 9.17) is 29.0 Å². The summed E-state index contributed by atoms with van der Waals surface area (Å²) < 4.78 is 0. The Bertz CT molecular complexity index is 387. The maximum Gasteiger partial charge on any atom is 0.0470 e. The SMILES string of the molecule is CC#CCCC(NN)c1cc(Cl)cc(Cl)c1. The maximum absolute atomic E-state index is 5.93. The second kappa shape index (κ2) is 6.78. The highest BCUT2D eigenvalue weighted by Gasteiger charge is 2.10. The van der Waals surface area contributed by atoms with E-state index in [2.05, 4.69) is 17.3 Å². The van der Waals surface area contributed by atoms with Gasteiger partial charge in [-0.3, -0.25) is 11.3 Å². The Morgan fingerprint density at radius 1 is 1.31 bits per heavy atom. The molecule has 86 valence electrons. The number of rotatable bonds is 4. The van der Waals surface area contributed by atoms with Gasteiger partial charge >= 0.3 is 0 Å². The molecule has 1 unspecified atom stereocenters. The smallest absolute Gasteiger partial charge is 0.0470 e. The molecule has 0 radical (unpaired) electrons. The summed E-state index contributed by atoms with van der Waals surface area (Å²) >= 11 is 11.9. The van der Waals surface area contributed by atoms with Crippen LogP contribution in [-0.2, 0) is 0 Å². The number of benzene rings is 1. The van der Waals surface area contributed by atoms with Gasteiger partial charge in [0.1, 0.15) is 0 Å². The Morgan fingerprint density at radius 2 is 1.94 bits per heavy atom. The lowest BCUT2D eigenvalue weighted by molar-refractivity contribution is 0.524. The van der Waals surface area contributed by atoms with Crippen molar-refractivity contribution < 1.29 is 0 Å². The molecule has 0 aromatic heterocycles. The Hall–Kier alpha value is -0.720. The predicted octanol–water partition coefficient (Wildman–Crippen LogP) is 3.30. The summed E-state index contributed by atoms with van der Waals surface area (Å²) in [6.07, 6.45) is 1.61. The number of hydrogen-bond acceptors (Lipinski definition) is 2. The zero-order chi connectivity index (χ0) is 12.0. The minimum absolute atomic E-state index is 0.0250. The fourth-order valence-corrected chi connectivity index (χ4v) is 2.01. The predicted molar refractivity (Wildman–Crippen MR) is 69.2 cm³/mol. The van der Waals surface area contributed by atoms with E-state index < -0.39 is 0 Å². The fraction of sp³-hybridized carbons (Fsp3) is 0.333. The van der Waals surface area contributed by atoms with Gasteiger partial charge in [-0.05, 0) is 37.1 Å². The van der Waals surface area contributed by atoms with Gasteiger partial charge in [0, 0.05) is 22.5 Å². The largest absolute Gasteiger partial charge is 0.271 e. The van der Waals surface area contributed by atoms with Crippen molar-refractivity contribution in [3.8, 4) is 11.8 Å². The Balaban J connectivity index is 2.80. The number of halogens is 2. The minimum atomic E-state index is 0.0250. The molecule has 0 amide bonds. The van der Waals surface area contributed by atoms with Crippen LogP contribution in [0, 0.1) is 11.8 Å². The molecule has 0 saturated heterocycles. The molecule has 3 N–H and O–H groups in total.